The van der Waals surface area contributed by atoms with Crippen LogP contribution in [-0.4, -0.2) is 29.9 Å². The second-order valence-electron chi connectivity index (χ2n) is 5.44. The van der Waals surface area contributed by atoms with Crippen molar-refractivity contribution in [3.8, 4) is 0 Å². The molecule has 0 saturated carbocycles. The fourth-order valence-electron chi connectivity index (χ4n) is 2.66. The molecule has 3 N–H and O–H groups in total. The Bertz CT molecular complexity index is 502. The number of hydrogen-bond acceptors (Lipinski definition) is 2. The summed E-state index contributed by atoms with van der Waals surface area (Å²) in [6.45, 7) is 2.14. The number of fused-ring (bicyclic) bond motifs is 1. The molecule has 0 bridgehead atoms. The van der Waals surface area contributed by atoms with Crippen LogP contribution in [0.2, 0.25) is 0 Å². The number of carbonyl (C=O) groups is 2. The van der Waals surface area contributed by atoms with Gasteiger partial charge in [-0.25, -0.2) is 4.79 Å². The van der Waals surface area contributed by atoms with Crippen LogP contribution in [0.25, 0.3) is 0 Å². The minimum absolute atomic E-state index is 0.229. The molecule has 0 aliphatic carbocycles. The van der Waals surface area contributed by atoms with Crippen LogP contribution in [-0.2, 0) is 17.8 Å². The summed E-state index contributed by atoms with van der Waals surface area (Å²) in [4.78, 5) is 24.6. The fraction of sp³-hybridized carbons (Fsp3) is 0.500. The molecule has 2 rings (SSSR count). The molecule has 1 aliphatic rings. The number of nitrogens with one attached hydrogen (secondary N) is 1. The van der Waals surface area contributed by atoms with Crippen LogP contribution in [0.1, 0.15) is 36.8 Å². The summed E-state index contributed by atoms with van der Waals surface area (Å²) in [6.07, 6.45) is 4.18. The van der Waals surface area contributed by atoms with Gasteiger partial charge in [-0.3, -0.25) is 4.79 Å². The predicted molar refractivity (Wildman–Crippen MR) is 81.6 cm³/mol. The molecule has 0 unspecified atom stereocenters. The maximum atomic E-state index is 12.2. The van der Waals surface area contributed by atoms with Crippen LogP contribution < -0.4 is 11.1 Å². The first-order chi connectivity index (χ1) is 10.2. The molecule has 3 amide bonds. The molecule has 0 saturated heterocycles. The van der Waals surface area contributed by atoms with E-state index in [0.29, 0.717) is 13.0 Å². The quantitative estimate of drug-likeness (QED) is 0.784. The molecule has 0 aromatic heterocycles. The maximum absolute atomic E-state index is 12.2. The second-order valence-corrected chi connectivity index (χ2v) is 5.44. The lowest BCUT2D eigenvalue weighted by Gasteiger charge is -2.29. The molecule has 0 fully saturated rings. The van der Waals surface area contributed by atoms with Gasteiger partial charge in [0.1, 0.15) is 0 Å². The summed E-state index contributed by atoms with van der Waals surface area (Å²) in [5, 5.41) is 2.55. The van der Waals surface area contributed by atoms with E-state index in [9.17, 15) is 9.59 Å². The van der Waals surface area contributed by atoms with Gasteiger partial charge in [0.25, 0.3) is 0 Å². The zero-order chi connectivity index (χ0) is 15.1. The number of nitrogens with two attached hydrogens (primary N) is 1. The van der Waals surface area contributed by atoms with E-state index in [1.165, 1.54) is 11.1 Å². The van der Waals surface area contributed by atoms with Gasteiger partial charge >= 0.3 is 6.03 Å². The highest BCUT2D eigenvalue weighted by atomic mass is 16.2. The molecule has 21 heavy (non-hydrogen) atoms. The standard InChI is InChI=1S/C16H23N3O2/c17-16(21)18-10-5-1-2-8-15(20)19-11-9-13-6-3-4-7-14(13)12-19/h3-4,6-7H,1-2,5,8-12H2,(H3,17,18,21). The average Bonchev–Trinajstić information content (AvgIpc) is 2.49. The van der Waals surface area contributed by atoms with Crippen LogP contribution in [0, 0.1) is 0 Å². The van der Waals surface area contributed by atoms with E-state index < -0.39 is 6.03 Å². The van der Waals surface area contributed by atoms with Crippen molar-refractivity contribution in [2.75, 3.05) is 13.1 Å². The Morgan fingerprint density at radius 1 is 1.14 bits per heavy atom. The lowest BCUT2D eigenvalue weighted by molar-refractivity contribution is -0.132. The smallest absolute Gasteiger partial charge is 0.312 e. The number of carbonyl (C=O) groups excluding carboxylic acids is 2. The first-order valence-electron chi connectivity index (χ1n) is 7.54. The topological polar surface area (TPSA) is 75.4 Å². The van der Waals surface area contributed by atoms with Crippen LogP contribution in [0.15, 0.2) is 24.3 Å². The third-order valence-electron chi connectivity index (χ3n) is 3.85. The van der Waals surface area contributed by atoms with Gasteiger partial charge in [0.05, 0.1) is 0 Å². The molecular weight excluding hydrogens is 266 g/mol. The highest BCUT2D eigenvalue weighted by Crippen LogP contribution is 2.19. The Kier molecular flexibility index (Phi) is 5.60. The van der Waals surface area contributed by atoms with Gasteiger partial charge in [-0.2, -0.15) is 0 Å². The van der Waals surface area contributed by atoms with Crippen molar-refractivity contribution in [2.24, 2.45) is 5.73 Å². The number of urea groups is 1. The Morgan fingerprint density at radius 2 is 1.90 bits per heavy atom. The Balaban J connectivity index is 1.67. The molecule has 1 aromatic rings. The fourth-order valence-corrected chi connectivity index (χ4v) is 2.66. The molecular formula is C16H23N3O2. The molecule has 114 valence electrons. The molecule has 0 atom stereocenters. The summed E-state index contributed by atoms with van der Waals surface area (Å²) in [6, 6.07) is 7.83. The highest BCUT2D eigenvalue weighted by molar-refractivity contribution is 5.76. The minimum Gasteiger partial charge on any atom is -0.352 e. The molecule has 1 aromatic carbocycles. The van der Waals surface area contributed by atoms with Crippen molar-refractivity contribution in [2.45, 2.75) is 38.6 Å². The molecule has 5 heteroatoms. The van der Waals surface area contributed by atoms with Gasteiger partial charge in [0, 0.05) is 26.1 Å². The zero-order valence-corrected chi connectivity index (χ0v) is 12.3. The Morgan fingerprint density at radius 3 is 2.67 bits per heavy atom. The molecule has 1 heterocycles. The SMILES string of the molecule is NC(=O)NCCCCCC(=O)N1CCc2ccccc2C1. The molecule has 0 radical (unpaired) electrons. The lowest BCUT2D eigenvalue weighted by atomic mass is 9.99. The van der Waals surface area contributed by atoms with Gasteiger partial charge in [-0.15, -0.1) is 0 Å². The molecule has 0 spiro atoms. The molecule has 1 aliphatic heterocycles. The monoisotopic (exact) mass is 289 g/mol. The number of nitrogens with zero attached hydrogens (tertiary/aromatic N) is 1. The van der Waals surface area contributed by atoms with Crippen LogP contribution >= 0.6 is 0 Å². The third kappa shape index (κ3) is 4.77. The molecule has 5 nitrogen and oxygen atoms in total. The zero-order valence-electron chi connectivity index (χ0n) is 12.3. The van der Waals surface area contributed by atoms with Gasteiger partial charge in [0.2, 0.25) is 5.91 Å². The Hall–Kier alpha value is -2.04. The lowest BCUT2D eigenvalue weighted by Crippen LogP contribution is -2.35. The highest BCUT2D eigenvalue weighted by Gasteiger charge is 2.19. The average molecular weight is 289 g/mol. The van der Waals surface area contributed by atoms with Crippen molar-refractivity contribution >= 4 is 11.9 Å². The number of hydrogen-bond donors (Lipinski definition) is 2. The summed E-state index contributed by atoms with van der Waals surface area (Å²) in [5.74, 6) is 0.229. The Labute approximate surface area is 125 Å². The van der Waals surface area contributed by atoms with Crippen molar-refractivity contribution < 1.29 is 9.59 Å². The van der Waals surface area contributed by atoms with E-state index in [4.69, 9.17) is 5.73 Å². The van der Waals surface area contributed by atoms with E-state index in [-0.39, 0.29) is 5.91 Å². The maximum Gasteiger partial charge on any atom is 0.312 e. The van der Waals surface area contributed by atoms with E-state index in [1.54, 1.807) is 0 Å². The number of unbranched alkanes of at least 4 members (excludes halogenated alkanes) is 2. The summed E-state index contributed by atoms with van der Waals surface area (Å²) in [5.41, 5.74) is 7.61. The first kappa shape index (κ1) is 15.4. The van der Waals surface area contributed by atoms with Crippen molar-refractivity contribution in [1.29, 1.82) is 0 Å². The van der Waals surface area contributed by atoms with E-state index in [0.717, 1.165) is 38.8 Å². The van der Waals surface area contributed by atoms with Gasteiger partial charge in [-0.1, -0.05) is 30.7 Å². The van der Waals surface area contributed by atoms with E-state index in [2.05, 4.69) is 23.5 Å². The van der Waals surface area contributed by atoms with Crippen molar-refractivity contribution in [3.63, 3.8) is 0 Å². The minimum atomic E-state index is -0.488. The van der Waals surface area contributed by atoms with Crippen LogP contribution in [0.5, 0.6) is 0 Å². The summed E-state index contributed by atoms with van der Waals surface area (Å²) >= 11 is 0. The predicted octanol–water partition coefficient (Wildman–Crippen LogP) is 1.80. The second kappa shape index (κ2) is 7.67. The van der Waals surface area contributed by atoms with Crippen LogP contribution in [0.3, 0.4) is 0 Å². The number of amides is 3. The largest absolute Gasteiger partial charge is 0.352 e. The van der Waals surface area contributed by atoms with Gasteiger partial charge in [-0.05, 0) is 30.4 Å². The van der Waals surface area contributed by atoms with E-state index in [1.807, 2.05) is 11.0 Å². The van der Waals surface area contributed by atoms with Crippen molar-refractivity contribution in [3.05, 3.63) is 35.4 Å². The number of benzene rings is 1. The number of primary amides is 1. The third-order valence-corrected chi connectivity index (χ3v) is 3.85. The van der Waals surface area contributed by atoms with Gasteiger partial charge < -0.3 is 16.0 Å². The van der Waals surface area contributed by atoms with Gasteiger partial charge in [0.15, 0.2) is 0 Å². The van der Waals surface area contributed by atoms with Crippen molar-refractivity contribution in [1.82, 2.24) is 10.2 Å². The summed E-state index contributed by atoms with van der Waals surface area (Å²) in [7, 11) is 0. The number of rotatable bonds is 6. The summed E-state index contributed by atoms with van der Waals surface area (Å²) < 4.78 is 0. The van der Waals surface area contributed by atoms with E-state index >= 15 is 0 Å². The first-order valence-corrected chi connectivity index (χ1v) is 7.54. The van der Waals surface area contributed by atoms with Crippen LogP contribution in [0.4, 0.5) is 4.79 Å². The normalized spacial score (nSPS) is 13.6.